The molecule has 1 amide bonds. The maximum Gasteiger partial charge on any atom is 0.227 e. The number of carbonyl (C=O) groups excluding carboxylic acids is 1. The molecule has 0 aliphatic heterocycles. The number of anilines is 1. The summed E-state index contributed by atoms with van der Waals surface area (Å²) >= 11 is 0. The van der Waals surface area contributed by atoms with Gasteiger partial charge >= 0.3 is 0 Å². The van der Waals surface area contributed by atoms with Crippen molar-refractivity contribution in [1.82, 2.24) is 14.9 Å². The summed E-state index contributed by atoms with van der Waals surface area (Å²) in [5, 5.41) is 4.44. The normalized spacial score (nSPS) is 15.2. The lowest BCUT2D eigenvalue weighted by Crippen LogP contribution is -2.34. The number of fused-ring (bicyclic) bond motifs is 1. The quantitative estimate of drug-likeness (QED) is 0.360. The minimum atomic E-state index is -0.285. The highest BCUT2D eigenvalue weighted by atomic mass is 19.1. The molecule has 176 valence electrons. The van der Waals surface area contributed by atoms with Gasteiger partial charge in [0.15, 0.2) is 0 Å². The minimum absolute atomic E-state index is 0.0437. The van der Waals surface area contributed by atoms with Crippen molar-refractivity contribution in [3.63, 3.8) is 0 Å². The van der Waals surface area contributed by atoms with Crippen LogP contribution in [-0.2, 0) is 17.8 Å². The van der Waals surface area contributed by atoms with Crippen LogP contribution in [0.3, 0.4) is 0 Å². The molecule has 2 saturated carbocycles. The van der Waals surface area contributed by atoms with Crippen LogP contribution in [0.25, 0.3) is 22.0 Å². The van der Waals surface area contributed by atoms with Crippen molar-refractivity contribution in [2.75, 3.05) is 5.32 Å². The summed E-state index contributed by atoms with van der Waals surface area (Å²) in [4.78, 5) is 23.8. The first kappa shape index (κ1) is 21.7. The van der Waals surface area contributed by atoms with Crippen LogP contribution < -0.4 is 5.32 Å². The molecule has 0 bridgehead atoms. The third-order valence-electron chi connectivity index (χ3n) is 6.78. The number of rotatable bonds is 8. The Morgan fingerprint density at radius 3 is 2.49 bits per heavy atom. The van der Waals surface area contributed by atoms with E-state index in [2.05, 4.69) is 21.4 Å². The number of halogens is 1. The average molecular weight is 467 g/mol. The summed E-state index contributed by atoms with van der Waals surface area (Å²) in [6.07, 6.45) is 6.19. The fourth-order valence-electron chi connectivity index (χ4n) is 4.51. The SMILES string of the molecule is O=C(Cc1ccccc1)N(Cc1cc(-c2ccc3ncnc(NC4CC4)c3c2)ccc1F)C1CC1. The zero-order valence-electron chi connectivity index (χ0n) is 19.5. The molecule has 2 aliphatic carbocycles. The van der Waals surface area contributed by atoms with E-state index in [1.165, 1.54) is 6.07 Å². The number of amides is 1. The maximum atomic E-state index is 14.9. The van der Waals surface area contributed by atoms with E-state index < -0.39 is 0 Å². The molecule has 3 aromatic carbocycles. The number of aromatic nitrogens is 2. The van der Waals surface area contributed by atoms with Gasteiger partial charge in [-0.2, -0.15) is 0 Å². The van der Waals surface area contributed by atoms with Crippen molar-refractivity contribution in [3.8, 4) is 11.1 Å². The number of nitrogens with one attached hydrogen (secondary N) is 1. The molecule has 6 rings (SSSR count). The van der Waals surface area contributed by atoms with Gasteiger partial charge in [0.2, 0.25) is 5.91 Å². The van der Waals surface area contributed by atoms with Gasteiger partial charge in [0, 0.05) is 29.6 Å². The molecule has 35 heavy (non-hydrogen) atoms. The first-order valence-corrected chi connectivity index (χ1v) is 12.3. The van der Waals surface area contributed by atoms with E-state index in [1.54, 1.807) is 12.4 Å². The summed E-state index contributed by atoms with van der Waals surface area (Å²) in [5.41, 5.74) is 4.28. The molecule has 2 fully saturated rings. The van der Waals surface area contributed by atoms with E-state index in [1.807, 2.05) is 53.4 Å². The van der Waals surface area contributed by atoms with Crippen molar-refractivity contribution in [3.05, 3.63) is 90.0 Å². The van der Waals surface area contributed by atoms with E-state index in [9.17, 15) is 9.18 Å². The van der Waals surface area contributed by atoms with E-state index in [0.717, 1.165) is 59.1 Å². The summed E-state index contributed by atoms with van der Waals surface area (Å²) < 4.78 is 14.9. The average Bonchev–Trinajstić information content (AvgIpc) is 3.80. The molecular formula is C29H27FN4O. The molecule has 6 heteroatoms. The first-order valence-electron chi connectivity index (χ1n) is 12.3. The fourth-order valence-corrected chi connectivity index (χ4v) is 4.51. The molecule has 4 aromatic rings. The number of nitrogens with zero attached hydrogens (tertiary/aromatic N) is 3. The zero-order valence-corrected chi connectivity index (χ0v) is 19.5. The molecule has 0 radical (unpaired) electrons. The van der Waals surface area contributed by atoms with Crippen molar-refractivity contribution < 1.29 is 9.18 Å². The largest absolute Gasteiger partial charge is 0.367 e. The summed E-state index contributed by atoms with van der Waals surface area (Å²) in [6, 6.07) is 21.6. The van der Waals surface area contributed by atoms with Gasteiger partial charge < -0.3 is 10.2 Å². The number of hydrogen-bond acceptors (Lipinski definition) is 4. The minimum Gasteiger partial charge on any atom is -0.367 e. The lowest BCUT2D eigenvalue weighted by molar-refractivity contribution is -0.131. The van der Waals surface area contributed by atoms with E-state index >= 15 is 0 Å². The highest BCUT2D eigenvalue weighted by Gasteiger charge is 2.33. The van der Waals surface area contributed by atoms with Gasteiger partial charge in [-0.1, -0.05) is 42.5 Å². The molecule has 0 spiro atoms. The van der Waals surface area contributed by atoms with Crippen molar-refractivity contribution in [2.45, 2.75) is 50.7 Å². The monoisotopic (exact) mass is 466 g/mol. The number of benzene rings is 3. The van der Waals surface area contributed by atoms with Crippen LogP contribution in [-0.4, -0.2) is 32.9 Å². The van der Waals surface area contributed by atoms with Gasteiger partial charge in [-0.25, -0.2) is 14.4 Å². The van der Waals surface area contributed by atoms with Crippen LogP contribution >= 0.6 is 0 Å². The second-order valence-electron chi connectivity index (χ2n) is 9.59. The Labute approximate surface area is 204 Å². The number of hydrogen-bond donors (Lipinski definition) is 1. The Balaban J connectivity index is 1.28. The molecule has 1 N–H and O–H groups in total. The fraction of sp³-hybridized carbons (Fsp3) is 0.276. The molecule has 0 unspecified atom stereocenters. The zero-order chi connectivity index (χ0) is 23.8. The lowest BCUT2D eigenvalue weighted by Gasteiger charge is -2.23. The van der Waals surface area contributed by atoms with Gasteiger partial charge in [0.1, 0.15) is 18.0 Å². The number of carbonyl (C=O) groups is 1. The Morgan fingerprint density at radius 1 is 0.943 bits per heavy atom. The summed E-state index contributed by atoms with van der Waals surface area (Å²) in [7, 11) is 0. The molecule has 5 nitrogen and oxygen atoms in total. The molecule has 1 aromatic heterocycles. The maximum absolute atomic E-state index is 14.9. The second kappa shape index (κ2) is 9.10. The third-order valence-corrected chi connectivity index (χ3v) is 6.78. The first-order chi connectivity index (χ1) is 17.1. The summed E-state index contributed by atoms with van der Waals surface area (Å²) in [5.74, 6) is 0.599. The Hall–Kier alpha value is -3.80. The van der Waals surface area contributed by atoms with Crippen LogP contribution in [0.5, 0.6) is 0 Å². The Kier molecular flexibility index (Phi) is 5.64. The van der Waals surface area contributed by atoms with Crippen LogP contribution in [0, 0.1) is 5.82 Å². The van der Waals surface area contributed by atoms with Crippen LogP contribution in [0.2, 0.25) is 0 Å². The van der Waals surface area contributed by atoms with E-state index in [0.29, 0.717) is 18.0 Å². The van der Waals surface area contributed by atoms with Crippen LogP contribution in [0.4, 0.5) is 10.2 Å². The molecule has 0 saturated heterocycles. The Morgan fingerprint density at radius 2 is 1.71 bits per heavy atom. The van der Waals surface area contributed by atoms with Gasteiger partial charge in [0.05, 0.1) is 11.9 Å². The molecular weight excluding hydrogens is 439 g/mol. The van der Waals surface area contributed by atoms with Crippen molar-refractivity contribution >= 4 is 22.6 Å². The van der Waals surface area contributed by atoms with E-state index in [-0.39, 0.29) is 24.3 Å². The highest BCUT2D eigenvalue weighted by molar-refractivity contribution is 5.92. The van der Waals surface area contributed by atoms with Gasteiger partial charge in [-0.3, -0.25) is 4.79 Å². The predicted molar refractivity (Wildman–Crippen MR) is 135 cm³/mol. The second-order valence-corrected chi connectivity index (χ2v) is 9.59. The van der Waals surface area contributed by atoms with Gasteiger partial charge in [-0.05, 0) is 66.6 Å². The summed E-state index contributed by atoms with van der Waals surface area (Å²) in [6.45, 7) is 0.279. The van der Waals surface area contributed by atoms with Gasteiger partial charge in [-0.15, -0.1) is 0 Å². The predicted octanol–water partition coefficient (Wildman–Crippen LogP) is 5.74. The van der Waals surface area contributed by atoms with Gasteiger partial charge in [0.25, 0.3) is 0 Å². The molecule has 1 heterocycles. The van der Waals surface area contributed by atoms with Crippen molar-refractivity contribution in [1.29, 1.82) is 0 Å². The molecule has 0 atom stereocenters. The van der Waals surface area contributed by atoms with E-state index in [4.69, 9.17) is 0 Å². The third kappa shape index (κ3) is 4.87. The molecule has 2 aliphatic rings. The topological polar surface area (TPSA) is 58.1 Å². The Bertz CT molecular complexity index is 1380. The van der Waals surface area contributed by atoms with Crippen LogP contribution in [0.15, 0.2) is 73.1 Å². The van der Waals surface area contributed by atoms with Crippen molar-refractivity contribution in [2.24, 2.45) is 0 Å². The smallest absolute Gasteiger partial charge is 0.227 e. The highest BCUT2D eigenvalue weighted by Crippen LogP contribution is 2.33. The van der Waals surface area contributed by atoms with Crippen LogP contribution in [0.1, 0.15) is 36.8 Å². The standard InChI is InChI=1S/C29H27FN4O/c30-26-12-6-20(21-7-13-27-25(16-21)29(32-18-31-27)33-23-8-9-23)15-22(26)17-34(24-10-11-24)28(35)14-19-4-2-1-3-5-19/h1-7,12-13,15-16,18,23-24H,8-11,14,17H2,(H,31,32,33). The lowest BCUT2D eigenvalue weighted by atomic mass is 10.0.